The van der Waals surface area contributed by atoms with Gasteiger partial charge >= 0.3 is 5.97 Å². The summed E-state index contributed by atoms with van der Waals surface area (Å²) in [6, 6.07) is 8.32. The molecule has 0 spiro atoms. The van der Waals surface area contributed by atoms with Crippen molar-refractivity contribution in [1.29, 1.82) is 0 Å². The van der Waals surface area contributed by atoms with E-state index < -0.39 is 11.6 Å². The first-order chi connectivity index (χ1) is 7.67. The molecule has 0 radical (unpaired) electrons. The average molecular weight is 220 g/mol. The number of hydrogen-bond donors (Lipinski definition) is 1. The van der Waals surface area contributed by atoms with Crippen molar-refractivity contribution >= 4 is 12.4 Å². The van der Waals surface area contributed by atoms with Gasteiger partial charge in [-0.15, -0.1) is 6.58 Å². The number of carboxylic acids is 1. The zero-order valence-electron chi connectivity index (χ0n) is 8.63. The maximum absolute atomic E-state index is 11.3. The number of rotatable bonds is 6. The molecule has 1 rings (SSSR count). The van der Waals surface area contributed by atoms with Gasteiger partial charge in [-0.1, -0.05) is 36.4 Å². The second-order valence-corrected chi connectivity index (χ2v) is 3.21. The lowest BCUT2D eigenvalue weighted by atomic mass is 9.90. The van der Waals surface area contributed by atoms with Crippen LogP contribution < -0.4 is 0 Å². The predicted molar refractivity (Wildman–Crippen MR) is 57.7 cm³/mol. The molecule has 84 valence electrons. The minimum absolute atomic E-state index is 0.0189. The van der Waals surface area contributed by atoms with Crippen LogP contribution in [-0.4, -0.2) is 17.5 Å². The van der Waals surface area contributed by atoms with Crippen molar-refractivity contribution in [3.63, 3.8) is 0 Å². The lowest BCUT2D eigenvalue weighted by Gasteiger charge is -2.26. The zero-order valence-corrected chi connectivity index (χ0v) is 8.63. The Morgan fingerprint density at radius 2 is 2.06 bits per heavy atom. The second kappa shape index (κ2) is 5.11. The number of carboxylic acid groups (broad SMARTS) is 1. The van der Waals surface area contributed by atoms with Crippen LogP contribution in [0, 0.1) is 0 Å². The third-order valence-electron chi connectivity index (χ3n) is 2.27. The van der Waals surface area contributed by atoms with Crippen LogP contribution in [0.15, 0.2) is 43.0 Å². The Hall–Kier alpha value is -2.10. The molecule has 0 heterocycles. The van der Waals surface area contributed by atoms with Gasteiger partial charge in [-0.3, -0.25) is 4.79 Å². The lowest BCUT2D eigenvalue weighted by Crippen LogP contribution is -2.38. The topological polar surface area (TPSA) is 63.6 Å². The first-order valence-corrected chi connectivity index (χ1v) is 4.68. The van der Waals surface area contributed by atoms with E-state index in [2.05, 4.69) is 6.58 Å². The monoisotopic (exact) mass is 220 g/mol. The quantitative estimate of drug-likeness (QED) is 0.585. The first kappa shape index (κ1) is 12.0. The Morgan fingerprint density at radius 3 is 2.50 bits per heavy atom. The van der Waals surface area contributed by atoms with Crippen molar-refractivity contribution in [2.45, 2.75) is 12.0 Å². The summed E-state index contributed by atoms with van der Waals surface area (Å²) in [5, 5.41) is 9.21. The van der Waals surface area contributed by atoms with Crippen LogP contribution in [0.25, 0.3) is 0 Å². The Morgan fingerprint density at radius 1 is 1.44 bits per heavy atom. The number of aliphatic carboxylic acids is 1. The average Bonchev–Trinajstić information content (AvgIpc) is 2.29. The number of benzene rings is 1. The fraction of sp³-hybridized carbons (Fsp3) is 0.167. The van der Waals surface area contributed by atoms with E-state index >= 15 is 0 Å². The van der Waals surface area contributed by atoms with Gasteiger partial charge < -0.3 is 9.84 Å². The normalized spacial score (nSPS) is 13.5. The van der Waals surface area contributed by atoms with Gasteiger partial charge in [0.15, 0.2) is 0 Å². The molecule has 0 aromatic heterocycles. The van der Waals surface area contributed by atoms with Crippen LogP contribution in [0.4, 0.5) is 0 Å². The summed E-state index contributed by atoms with van der Waals surface area (Å²) < 4.78 is 4.77. The summed E-state index contributed by atoms with van der Waals surface area (Å²) in [6.07, 6.45) is 1.43. The molecule has 0 amide bonds. The summed E-state index contributed by atoms with van der Waals surface area (Å²) in [7, 11) is 0. The molecule has 4 heteroatoms. The highest BCUT2D eigenvalue weighted by atomic mass is 16.6. The molecule has 1 N–H and O–H groups in total. The van der Waals surface area contributed by atoms with Crippen LogP contribution in [0.1, 0.15) is 12.0 Å². The van der Waals surface area contributed by atoms with Crippen molar-refractivity contribution in [2.24, 2.45) is 0 Å². The van der Waals surface area contributed by atoms with E-state index in [-0.39, 0.29) is 12.9 Å². The van der Waals surface area contributed by atoms with Crippen molar-refractivity contribution < 1.29 is 19.4 Å². The third kappa shape index (κ3) is 2.11. The van der Waals surface area contributed by atoms with E-state index in [1.165, 1.54) is 6.08 Å². The highest BCUT2D eigenvalue weighted by molar-refractivity contribution is 5.81. The van der Waals surface area contributed by atoms with Crippen LogP contribution in [0.3, 0.4) is 0 Å². The van der Waals surface area contributed by atoms with Gasteiger partial charge in [0.25, 0.3) is 6.47 Å². The molecule has 0 fully saturated rings. The van der Waals surface area contributed by atoms with Crippen LogP contribution in [-0.2, 0) is 19.9 Å². The van der Waals surface area contributed by atoms with Crippen LogP contribution in [0.5, 0.6) is 0 Å². The van der Waals surface area contributed by atoms with Crippen molar-refractivity contribution in [2.75, 3.05) is 0 Å². The van der Waals surface area contributed by atoms with Crippen LogP contribution in [0.2, 0.25) is 0 Å². The van der Waals surface area contributed by atoms with Gasteiger partial charge in [-0.2, -0.15) is 0 Å². The molecule has 16 heavy (non-hydrogen) atoms. The standard InChI is InChI=1S/C12H12O4/c1-2-8-12(11(14)15,16-9-13)10-6-4-3-5-7-10/h2-7,9H,1,8H2,(H,14,15). The van der Waals surface area contributed by atoms with Gasteiger partial charge in [-0.05, 0) is 0 Å². The van der Waals surface area contributed by atoms with Crippen molar-refractivity contribution in [3.8, 4) is 0 Å². The Bertz CT molecular complexity index is 373. The lowest BCUT2D eigenvalue weighted by molar-refractivity contribution is -0.172. The molecular formula is C12H12O4. The fourth-order valence-corrected chi connectivity index (χ4v) is 1.49. The van der Waals surface area contributed by atoms with E-state index in [9.17, 15) is 14.7 Å². The van der Waals surface area contributed by atoms with E-state index in [0.29, 0.717) is 5.56 Å². The van der Waals surface area contributed by atoms with E-state index in [1.807, 2.05) is 0 Å². The first-order valence-electron chi connectivity index (χ1n) is 4.68. The molecule has 1 unspecified atom stereocenters. The molecule has 1 aromatic rings. The Kier molecular flexibility index (Phi) is 3.83. The summed E-state index contributed by atoms with van der Waals surface area (Å²) in [4.78, 5) is 21.7. The molecule has 0 saturated heterocycles. The highest BCUT2D eigenvalue weighted by Crippen LogP contribution is 2.29. The summed E-state index contributed by atoms with van der Waals surface area (Å²) >= 11 is 0. The number of hydrogen-bond acceptors (Lipinski definition) is 3. The van der Waals surface area contributed by atoms with Crippen LogP contribution >= 0.6 is 0 Å². The fourth-order valence-electron chi connectivity index (χ4n) is 1.49. The summed E-state index contributed by atoms with van der Waals surface area (Å²) in [5.74, 6) is -1.22. The number of carbonyl (C=O) groups is 2. The summed E-state index contributed by atoms with van der Waals surface area (Å²) in [6.45, 7) is 3.62. The number of ether oxygens (including phenoxy) is 1. The van der Waals surface area contributed by atoms with E-state index in [0.717, 1.165) is 0 Å². The van der Waals surface area contributed by atoms with E-state index in [1.54, 1.807) is 30.3 Å². The smallest absolute Gasteiger partial charge is 0.353 e. The van der Waals surface area contributed by atoms with Crippen molar-refractivity contribution in [1.82, 2.24) is 0 Å². The maximum Gasteiger partial charge on any atom is 0.353 e. The van der Waals surface area contributed by atoms with Gasteiger partial charge in [0, 0.05) is 12.0 Å². The maximum atomic E-state index is 11.3. The van der Waals surface area contributed by atoms with Gasteiger partial charge in [0.05, 0.1) is 0 Å². The third-order valence-corrected chi connectivity index (χ3v) is 2.27. The number of carbonyl (C=O) groups excluding carboxylic acids is 1. The van der Waals surface area contributed by atoms with Gasteiger partial charge in [0.1, 0.15) is 0 Å². The zero-order chi connectivity index (χ0) is 12.0. The molecule has 1 aromatic carbocycles. The predicted octanol–water partition coefficient (Wildman–Crippen LogP) is 1.72. The van der Waals surface area contributed by atoms with Crippen molar-refractivity contribution in [3.05, 3.63) is 48.6 Å². The van der Waals surface area contributed by atoms with E-state index in [4.69, 9.17) is 4.74 Å². The Labute approximate surface area is 93.2 Å². The second-order valence-electron chi connectivity index (χ2n) is 3.21. The largest absolute Gasteiger partial charge is 0.478 e. The molecule has 0 saturated carbocycles. The molecule has 4 nitrogen and oxygen atoms in total. The van der Waals surface area contributed by atoms with Gasteiger partial charge in [-0.25, -0.2) is 4.79 Å². The molecule has 1 atom stereocenters. The molecular weight excluding hydrogens is 208 g/mol. The molecule has 0 aliphatic heterocycles. The molecule has 0 bridgehead atoms. The molecule has 0 aliphatic rings. The van der Waals surface area contributed by atoms with Gasteiger partial charge in [0.2, 0.25) is 5.60 Å². The minimum atomic E-state index is -1.68. The SMILES string of the molecule is C=CCC(OC=O)(C(=O)O)c1ccccc1. The molecule has 0 aliphatic carbocycles. The minimum Gasteiger partial charge on any atom is -0.478 e. The Balaban J connectivity index is 3.25. The summed E-state index contributed by atoms with van der Waals surface area (Å²) in [5.41, 5.74) is -1.26. The highest BCUT2D eigenvalue weighted by Gasteiger charge is 2.41.